The number of amides is 2. The van der Waals surface area contributed by atoms with Crippen LogP contribution in [0.1, 0.15) is 24.3 Å². The van der Waals surface area contributed by atoms with Crippen LogP contribution in [-0.4, -0.2) is 34.9 Å². The summed E-state index contributed by atoms with van der Waals surface area (Å²) in [6.07, 6.45) is 4.34. The number of aromatic nitrogens is 2. The van der Waals surface area contributed by atoms with Crippen LogP contribution in [0.3, 0.4) is 0 Å². The monoisotopic (exact) mass is 236 g/mol. The highest BCUT2D eigenvalue weighted by Gasteiger charge is 2.07. The van der Waals surface area contributed by atoms with Gasteiger partial charge >= 0.3 is 0 Å². The molecule has 0 aromatic carbocycles. The third kappa shape index (κ3) is 4.58. The molecule has 0 aliphatic heterocycles. The molecule has 0 aliphatic rings. The summed E-state index contributed by atoms with van der Waals surface area (Å²) in [6.45, 7) is 4.40. The van der Waals surface area contributed by atoms with Crippen molar-refractivity contribution in [1.29, 1.82) is 0 Å². The summed E-state index contributed by atoms with van der Waals surface area (Å²) in [7, 11) is 0. The van der Waals surface area contributed by atoms with Gasteiger partial charge in [-0.15, -0.1) is 0 Å². The highest BCUT2D eigenvalue weighted by molar-refractivity contribution is 5.91. The number of nitrogens with one attached hydrogen (secondary N) is 2. The standard InChI is InChI=1S/C11H16N4O2/c1-8(2)10(16)14-5-6-15-11(17)9-7-12-3-4-13-9/h3-4,7-8H,5-6H2,1-2H3,(H,14,16)(H,15,17). The number of carbonyl (C=O) groups is 2. The van der Waals surface area contributed by atoms with Gasteiger partial charge in [-0.2, -0.15) is 0 Å². The maximum atomic E-state index is 11.5. The number of hydrogen-bond acceptors (Lipinski definition) is 4. The third-order valence-electron chi connectivity index (χ3n) is 2.03. The Hall–Kier alpha value is -1.98. The maximum absolute atomic E-state index is 11.5. The zero-order chi connectivity index (χ0) is 12.7. The average molecular weight is 236 g/mol. The Bertz CT molecular complexity index is 378. The van der Waals surface area contributed by atoms with Crippen LogP contribution in [0.25, 0.3) is 0 Å². The van der Waals surface area contributed by atoms with E-state index in [1.54, 1.807) is 0 Å². The van der Waals surface area contributed by atoms with Crippen molar-refractivity contribution in [2.24, 2.45) is 5.92 Å². The first-order chi connectivity index (χ1) is 8.11. The maximum Gasteiger partial charge on any atom is 0.271 e. The quantitative estimate of drug-likeness (QED) is 0.704. The summed E-state index contributed by atoms with van der Waals surface area (Å²) in [5, 5.41) is 5.34. The van der Waals surface area contributed by atoms with E-state index in [1.807, 2.05) is 13.8 Å². The summed E-state index contributed by atoms with van der Waals surface area (Å²) >= 11 is 0. The molecule has 17 heavy (non-hydrogen) atoms. The molecule has 2 amide bonds. The lowest BCUT2D eigenvalue weighted by Gasteiger charge is -2.08. The highest BCUT2D eigenvalue weighted by Crippen LogP contribution is 1.90. The van der Waals surface area contributed by atoms with Crippen LogP contribution < -0.4 is 10.6 Å². The molecular formula is C11H16N4O2. The molecule has 92 valence electrons. The number of nitrogens with zero attached hydrogens (tertiary/aromatic N) is 2. The highest BCUT2D eigenvalue weighted by atomic mass is 16.2. The van der Waals surface area contributed by atoms with E-state index in [4.69, 9.17) is 0 Å². The van der Waals surface area contributed by atoms with E-state index >= 15 is 0 Å². The SMILES string of the molecule is CC(C)C(=O)NCCNC(=O)c1cnccn1. The zero-order valence-electron chi connectivity index (χ0n) is 9.93. The second-order valence-corrected chi connectivity index (χ2v) is 3.79. The minimum Gasteiger partial charge on any atom is -0.354 e. The van der Waals surface area contributed by atoms with Crippen molar-refractivity contribution in [2.45, 2.75) is 13.8 Å². The molecule has 0 fully saturated rings. The molecule has 6 heteroatoms. The van der Waals surface area contributed by atoms with Crippen LogP contribution in [0.15, 0.2) is 18.6 Å². The average Bonchev–Trinajstić information content (AvgIpc) is 2.35. The summed E-state index contributed by atoms with van der Waals surface area (Å²) in [5.74, 6) is -0.374. The van der Waals surface area contributed by atoms with Gasteiger partial charge in [0.1, 0.15) is 5.69 Å². The molecule has 0 saturated heterocycles. The van der Waals surface area contributed by atoms with Gasteiger partial charge in [0.25, 0.3) is 5.91 Å². The van der Waals surface area contributed by atoms with E-state index in [2.05, 4.69) is 20.6 Å². The van der Waals surface area contributed by atoms with Crippen LogP contribution >= 0.6 is 0 Å². The molecule has 0 spiro atoms. The Kier molecular flexibility index (Phi) is 5.06. The van der Waals surface area contributed by atoms with Gasteiger partial charge in [0.05, 0.1) is 6.20 Å². The van der Waals surface area contributed by atoms with Crippen molar-refractivity contribution in [1.82, 2.24) is 20.6 Å². The molecule has 0 unspecified atom stereocenters. The lowest BCUT2D eigenvalue weighted by atomic mass is 10.2. The number of carbonyl (C=O) groups excluding carboxylic acids is 2. The van der Waals surface area contributed by atoms with Crippen molar-refractivity contribution in [3.05, 3.63) is 24.3 Å². The third-order valence-corrected chi connectivity index (χ3v) is 2.03. The molecular weight excluding hydrogens is 220 g/mol. The first-order valence-corrected chi connectivity index (χ1v) is 5.43. The molecule has 0 radical (unpaired) electrons. The van der Waals surface area contributed by atoms with E-state index < -0.39 is 0 Å². The van der Waals surface area contributed by atoms with E-state index in [-0.39, 0.29) is 23.4 Å². The zero-order valence-corrected chi connectivity index (χ0v) is 9.93. The summed E-state index contributed by atoms with van der Waals surface area (Å²) in [5.41, 5.74) is 0.266. The first kappa shape index (κ1) is 13.1. The summed E-state index contributed by atoms with van der Waals surface area (Å²) < 4.78 is 0. The van der Waals surface area contributed by atoms with Crippen LogP contribution in [0.4, 0.5) is 0 Å². The number of rotatable bonds is 5. The van der Waals surface area contributed by atoms with Gasteiger partial charge in [-0.25, -0.2) is 4.98 Å². The minimum absolute atomic E-state index is 0.0289. The molecule has 1 heterocycles. The smallest absolute Gasteiger partial charge is 0.271 e. The molecule has 0 saturated carbocycles. The normalized spacial score (nSPS) is 10.1. The largest absolute Gasteiger partial charge is 0.354 e. The molecule has 2 N–H and O–H groups in total. The second kappa shape index (κ2) is 6.57. The first-order valence-electron chi connectivity index (χ1n) is 5.43. The number of hydrogen-bond donors (Lipinski definition) is 2. The van der Waals surface area contributed by atoms with Crippen molar-refractivity contribution >= 4 is 11.8 Å². The van der Waals surface area contributed by atoms with Gasteiger partial charge in [-0.1, -0.05) is 13.8 Å². The minimum atomic E-state index is -0.295. The van der Waals surface area contributed by atoms with Crippen molar-refractivity contribution in [2.75, 3.05) is 13.1 Å². The van der Waals surface area contributed by atoms with Gasteiger partial charge in [-0.3, -0.25) is 14.6 Å². The van der Waals surface area contributed by atoms with Crippen LogP contribution in [0, 0.1) is 5.92 Å². The Balaban J connectivity index is 2.24. The Morgan fingerprint density at radius 2 is 1.94 bits per heavy atom. The van der Waals surface area contributed by atoms with Gasteiger partial charge in [0.15, 0.2) is 0 Å². The summed E-state index contributed by atoms with van der Waals surface area (Å²) in [4.78, 5) is 30.4. The molecule has 1 aromatic rings. The molecule has 0 aliphatic carbocycles. The fourth-order valence-electron chi connectivity index (χ4n) is 1.07. The second-order valence-electron chi connectivity index (χ2n) is 3.79. The predicted octanol–water partition coefficient (Wildman–Crippen LogP) is -0.0214. The van der Waals surface area contributed by atoms with Gasteiger partial charge < -0.3 is 10.6 Å². The van der Waals surface area contributed by atoms with E-state index in [0.717, 1.165) is 0 Å². The topological polar surface area (TPSA) is 84.0 Å². The van der Waals surface area contributed by atoms with Crippen LogP contribution in [0.2, 0.25) is 0 Å². The van der Waals surface area contributed by atoms with Crippen molar-refractivity contribution < 1.29 is 9.59 Å². The molecule has 1 aromatic heterocycles. The van der Waals surface area contributed by atoms with E-state index in [1.165, 1.54) is 18.6 Å². The fraction of sp³-hybridized carbons (Fsp3) is 0.455. The lowest BCUT2D eigenvalue weighted by Crippen LogP contribution is -2.36. The Morgan fingerprint density at radius 3 is 2.53 bits per heavy atom. The Labute approximate surface area is 99.8 Å². The van der Waals surface area contributed by atoms with Crippen molar-refractivity contribution in [3.8, 4) is 0 Å². The van der Waals surface area contributed by atoms with Crippen LogP contribution in [-0.2, 0) is 4.79 Å². The van der Waals surface area contributed by atoms with Gasteiger partial charge in [0.2, 0.25) is 5.91 Å². The molecule has 0 bridgehead atoms. The van der Waals surface area contributed by atoms with Gasteiger partial charge in [-0.05, 0) is 0 Å². The van der Waals surface area contributed by atoms with Gasteiger partial charge in [0, 0.05) is 31.4 Å². The van der Waals surface area contributed by atoms with Crippen LogP contribution in [0.5, 0.6) is 0 Å². The fourth-order valence-corrected chi connectivity index (χ4v) is 1.07. The predicted molar refractivity (Wildman–Crippen MR) is 62.2 cm³/mol. The lowest BCUT2D eigenvalue weighted by molar-refractivity contribution is -0.123. The molecule has 1 rings (SSSR count). The van der Waals surface area contributed by atoms with Crippen molar-refractivity contribution in [3.63, 3.8) is 0 Å². The summed E-state index contributed by atoms with van der Waals surface area (Å²) in [6, 6.07) is 0. The molecule has 0 atom stereocenters. The Morgan fingerprint density at radius 1 is 1.24 bits per heavy atom. The van der Waals surface area contributed by atoms with E-state index in [0.29, 0.717) is 13.1 Å². The van der Waals surface area contributed by atoms with E-state index in [9.17, 15) is 9.59 Å². The molecule has 6 nitrogen and oxygen atoms in total.